The van der Waals surface area contributed by atoms with Crippen molar-refractivity contribution in [1.82, 2.24) is 0 Å². The first-order valence-corrected chi connectivity index (χ1v) is 7.40. The molecule has 0 heterocycles. The fraction of sp³-hybridized carbons (Fsp3) is 0.0588. The third-order valence-electron chi connectivity index (χ3n) is 4.18. The summed E-state index contributed by atoms with van der Waals surface area (Å²) in [7, 11) is 0. The molecule has 0 radical (unpaired) electrons. The molecule has 3 aromatic rings. The van der Waals surface area contributed by atoms with Crippen molar-refractivity contribution in [2.24, 2.45) is 0 Å². The van der Waals surface area contributed by atoms with Gasteiger partial charge in [0.15, 0.2) is 58.2 Å². The Bertz CT molecular complexity index is 1250. The summed E-state index contributed by atoms with van der Waals surface area (Å²) in [5.74, 6) is -42.0. The normalized spacial score (nSPS) is 12.2. The summed E-state index contributed by atoms with van der Waals surface area (Å²) in [6, 6.07) is 0. The van der Waals surface area contributed by atoms with Gasteiger partial charge in [-0.3, -0.25) is 0 Å². The SMILES string of the molecule is Fc1c(F)c(F)c(C(F)(F)c2c(F)c(F)c3c(F)c(F)c(F)c(F)c3c2F)c(F)c1F. The van der Waals surface area contributed by atoms with Crippen molar-refractivity contribution in [3.8, 4) is 0 Å². The highest BCUT2D eigenvalue weighted by Gasteiger charge is 2.49. The van der Waals surface area contributed by atoms with Crippen molar-refractivity contribution in [2.75, 3.05) is 0 Å². The molecule has 0 unspecified atom stereocenters. The van der Waals surface area contributed by atoms with Crippen LogP contribution >= 0.6 is 0 Å². The number of alkyl halides is 2. The third kappa shape index (κ3) is 2.83. The molecule has 0 fully saturated rings. The number of fused-ring (bicyclic) bond motifs is 1. The first-order valence-electron chi connectivity index (χ1n) is 7.40. The predicted molar refractivity (Wildman–Crippen MR) is 72.9 cm³/mol. The molecule has 0 spiro atoms. The molecule has 166 valence electrons. The highest BCUT2D eigenvalue weighted by molar-refractivity contribution is 5.86. The molecule has 14 heteroatoms. The van der Waals surface area contributed by atoms with Crippen molar-refractivity contribution in [3.63, 3.8) is 0 Å². The van der Waals surface area contributed by atoms with Gasteiger partial charge >= 0.3 is 5.92 Å². The fourth-order valence-corrected chi connectivity index (χ4v) is 2.77. The lowest BCUT2D eigenvalue weighted by atomic mass is 9.93. The van der Waals surface area contributed by atoms with Crippen LogP contribution in [0.25, 0.3) is 10.8 Å². The van der Waals surface area contributed by atoms with E-state index in [9.17, 15) is 61.5 Å². The second kappa shape index (κ2) is 6.99. The molecule has 0 atom stereocenters. The van der Waals surface area contributed by atoms with Crippen LogP contribution < -0.4 is 0 Å². The van der Waals surface area contributed by atoms with Crippen LogP contribution in [0.15, 0.2) is 0 Å². The summed E-state index contributed by atoms with van der Waals surface area (Å²) in [6.07, 6.45) is 0. The summed E-state index contributed by atoms with van der Waals surface area (Å²) in [5.41, 5.74) is -6.34. The van der Waals surface area contributed by atoms with E-state index in [1.165, 1.54) is 0 Å². The van der Waals surface area contributed by atoms with Crippen LogP contribution in [0.5, 0.6) is 0 Å². The molecule has 3 rings (SSSR count). The van der Waals surface area contributed by atoms with Crippen LogP contribution in [0.4, 0.5) is 61.5 Å². The van der Waals surface area contributed by atoms with E-state index < -0.39 is 97.6 Å². The van der Waals surface area contributed by atoms with E-state index in [2.05, 4.69) is 0 Å². The van der Waals surface area contributed by atoms with Gasteiger partial charge in [0.25, 0.3) is 0 Å². The van der Waals surface area contributed by atoms with Gasteiger partial charge in [-0.2, -0.15) is 8.78 Å². The van der Waals surface area contributed by atoms with Crippen molar-refractivity contribution in [1.29, 1.82) is 0 Å². The average Bonchev–Trinajstić information content (AvgIpc) is 2.70. The van der Waals surface area contributed by atoms with Crippen LogP contribution in [0.3, 0.4) is 0 Å². The Morgan fingerprint density at radius 2 is 0.516 bits per heavy atom. The number of halogens is 14. The zero-order chi connectivity index (χ0) is 23.7. The topological polar surface area (TPSA) is 0 Å². The molecule has 31 heavy (non-hydrogen) atoms. The monoisotopic (exact) mass is 470 g/mol. The minimum absolute atomic E-state index is 2.33. The largest absolute Gasteiger partial charge is 0.310 e. The Labute approximate surface area is 160 Å². The maximum absolute atomic E-state index is 14.6. The van der Waals surface area contributed by atoms with Gasteiger partial charge < -0.3 is 0 Å². The molecule has 3 aromatic carbocycles. The average molecular weight is 470 g/mol. The standard InChI is InChI=1S/C17F14/c18-5-1-2(8(21)13(26)12(25)7(1)20)6(19)9(22)3(5)17(30,31)4-10(23)14(27)16(29)15(28)11(4)24. The molecular formula is C17F14. The van der Waals surface area contributed by atoms with Crippen LogP contribution in [-0.2, 0) is 5.92 Å². The molecular weight excluding hydrogens is 470 g/mol. The Kier molecular flexibility index (Phi) is 5.10. The van der Waals surface area contributed by atoms with E-state index in [4.69, 9.17) is 0 Å². The lowest BCUT2D eigenvalue weighted by Crippen LogP contribution is -2.26. The summed E-state index contributed by atoms with van der Waals surface area (Å²) in [4.78, 5) is 0. The van der Waals surface area contributed by atoms with Gasteiger partial charge in [-0.1, -0.05) is 0 Å². The predicted octanol–water partition coefficient (Wildman–Crippen LogP) is 6.65. The van der Waals surface area contributed by atoms with Crippen molar-refractivity contribution in [2.45, 2.75) is 5.92 Å². The van der Waals surface area contributed by atoms with Crippen molar-refractivity contribution >= 4 is 10.8 Å². The highest BCUT2D eigenvalue weighted by Crippen LogP contribution is 2.46. The van der Waals surface area contributed by atoms with Crippen LogP contribution in [-0.4, -0.2) is 0 Å². The first kappa shape index (κ1) is 22.6. The number of rotatable bonds is 2. The van der Waals surface area contributed by atoms with Gasteiger partial charge in [0.05, 0.1) is 10.8 Å². The van der Waals surface area contributed by atoms with E-state index >= 15 is 0 Å². The van der Waals surface area contributed by atoms with E-state index in [-0.39, 0.29) is 0 Å². The van der Waals surface area contributed by atoms with Gasteiger partial charge in [-0.25, -0.2) is 52.7 Å². The zero-order valence-corrected chi connectivity index (χ0v) is 13.8. The van der Waals surface area contributed by atoms with E-state index in [1.807, 2.05) is 0 Å². The fourth-order valence-electron chi connectivity index (χ4n) is 2.77. The molecule has 0 aliphatic rings. The van der Waals surface area contributed by atoms with E-state index in [0.29, 0.717) is 0 Å². The maximum atomic E-state index is 14.6. The summed E-state index contributed by atoms with van der Waals surface area (Å²) < 4.78 is 193. The third-order valence-corrected chi connectivity index (χ3v) is 4.18. The lowest BCUT2D eigenvalue weighted by Gasteiger charge is -2.22. The minimum atomic E-state index is -5.96. The minimum Gasteiger partial charge on any atom is -0.206 e. The molecule has 0 amide bonds. The van der Waals surface area contributed by atoms with Crippen molar-refractivity contribution < 1.29 is 61.5 Å². The molecule has 0 bridgehead atoms. The quantitative estimate of drug-likeness (QED) is 0.224. The number of hydrogen-bond acceptors (Lipinski definition) is 0. The number of hydrogen-bond donors (Lipinski definition) is 0. The Balaban J connectivity index is 2.56. The Morgan fingerprint density at radius 3 is 0.935 bits per heavy atom. The Morgan fingerprint density at radius 1 is 0.290 bits per heavy atom. The summed E-state index contributed by atoms with van der Waals surface area (Å²) in [5, 5.41) is -4.78. The van der Waals surface area contributed by atoms with Gasteiger partial charge in [-0.15, -0.1) is 0 Å². The lowest BCUT2D eigenvalue weighted by molar-refractivity contribution is 0.0244. The maximum Gasteiger partial charge on any atom is 0.310 e. The second-order valence-electron chi connectivity index (χ2n) is 5.84. The van der Waals surface area contributed by atoms with E-state index in [0.717, 1.165) is 0 Å². The van der Waals surface area contributed by atoms with Crippen molar-refractivity contribution in [3.05, 3.63) is 80.9 Å². The van der Waals surface area contributed by atoms with Gasteiger partial charge in [0.1, 0.15) is 16.9 Å². The number of benzene rings is 3. The molecule has 0 aliphatic carbocycles. The molecule has 0 saturated carbocycles. The smallest absolute Gasteiger partial charge is 0.206 e. The highest BCUT2D eigenvalue weighted by atomic mass is 19.3. The molecule has 0 nitrogen and oxygen atoms in total. The summed E-state index contributed by atoms with van der Waals surface area (Å²) >= 11 is 0. The summed E-state index contributed by atoms with van der Waals surface area (Å²) in [6.45, 7) is 0. The first-order chi connectivity index (χ1) is 14.2. The van der Waals surface area contributed by atoms with Gasteiger partial charge in [-0.05, 0) is 0 Å². The van der Waals surface area contributed by atoms with Gasteiger partial charge in [0.2, 0.25) is 5.82 Å². The molecule has 0 saturated heterocycles. The van der Waals surface area contributed by atoms with E-state index in [1.54, 1.807) is 0 Å². The zero-order valence-electron chi connectivity index (χ0n) is 13.8. The molecule has 0 aliphatic heterocycles. The Hall–Kier alpha value is -3.06. The van der Waals surface area contributed by atoms with Crippen LogP contribution in [0.2, 0.25) is 0 Å². The van der Waals surface area contributed by atoms with Crippen LogP contribution in [0, 0.1) is 69.8 Å². The van der Waals surface area contributed by atoms with Gasteiger partial charge in [0, 0.05) is 0 Å². The molecule has 0 N–H and O–H groups in total. The second-order valence-corrected chi connectivity index (χ2v) is 5.84. The molecule has 0 aromatic heterocycles. The van der Waals surface area contributed by atoms with Crippen LogP contribution in [0.1, 0.15) is 11.1 Å².